The summed E-state index contributed by atoms with van der Waals surface area (Å²) in [6.07, 6.45) is 0. The highest BCUT2D eigenvalue weighted by Crippen LogP contribution is 2.15. The van der Waals surface area contributed by atoms with Gasteiger partial charge < -0.3 is 10.6 Å². The number of hydrogen-bond donors (Lipinski definition) is 2. The molecular weight excluding hydrogens is 258 g/mol. The van der Waals surface area contributed by atoms with Crippen molar-refractivity contribution in [3.63, 3.8) is 0 Å². The van der Waals surface area contributed by atoms with Crippen LogP contribution in [0.15, 0.2) is 16.6 Å². The number of anilines is 1. The molecule has 0 unspecified atom stereocenters. The molecular formula is C10H14BrN3O. The van der Waals surface area contributed by atoms with E-state index in [1.807, 2.05) is 19.9 Å². The molecule has 1 aromatic rings. The molecule has 2 N–H and O–H groups in total. The Hall–Kier alpha value is -0.940. The second-order valence-electron chi connectivity index (χ2n) is 3.09. The van der Waals surface area contributed by atoms with Gasteiger partial charge in [0.25, 0.3) is 0 Å². The summed E-state index contributed by atoms with van der Waals surface area (Å²) in [5.41, 5.74) is 0.858. The minimum absolute atomic E-state index is 0.0777. The zero-order valence-corrected chi connectivity index (χ0v) is 10.4. The number of nitrogens with zero attached hydrogens (tertiary/aromatic N) is 1. The van der Waals surface area contributed by atoms with Crippen molar-refractivity contribution in [1.82, 2.24) is 10.3 Å². The van der Waals surface area contributed by atoms with E-state index in [1.165, 1.54) is 0 Å². The van der Waals surface area contributed by atoms with Crippen LogP contribution in [0.5, 0.6) is 0 Å². The maximum Gasteiger partial charge on any atom is 0.239 e. The largest absolute Gasteiger partial charge is 0.310 e. The topological polar surface area (TPSA) is 54.0 Å². The molecule has 1 rings (SSSR count). The Bertz CT molecular complexity index is 355. The molecule has 0 atom stereocenters. The van der Waals surface area contributed by atoms with Crippen LogP contribution in [-0.2, 0) is 4.79 Å². The van der Waals surface area contributed by atoms with E-state index in [9.17, 15) is 4.79 Å². The van der Waals surface area contributed by atoms with Crippen LogP contribution in [0.4, 0.5) is 5.82 Å². The molecule has 5 heteroatoms. The summed E-state index contributed by atoms with van der Waals surface area (Å²) >= 11 is 3.35. The van der Waals surface area contributed by atoms with Gasteiger partial charge in [0.05, 0.1) is 12.2 Å². The van der Waals surface area contributed by atoms with Crippen molar-refractivity contribution in [2.24, 2.45) is 0 Å². The summed E-state index contributed by atoms with van der Waals surface area (Å²) in [4.78, 5) is 15.6. The third-order valence-electron chi connectivity index (χ3n) is 1.82. The van der Waals surface area contributed by atoms with E-state index < -0.39 is 0 Å². The summed E-state index contributed by atoms with van der Waals surface area (Å²) in [6.45, 7) is 4.92. The van der Waals surface area contributed by atoms with Crippen LogP contribution in [0.25, 0.3) is 0 Å². The molecule has 0 bridgehead atoms. The lowest BCUT2D eigenvalue weighted by Crippen LogP contribution is -2.28. The van der Waals surface area contributed by atoms with E-state index in [0.29, 0.717) is 12.4 Å². The van der Waals surface area contributed by atoms with Crippen LogP contribution in [0, 0.1) is 6.92 Å². The summed E-state index contributed by atoms with van der Waals surface area (Å²) in [5.74, 6) is 0.504. The van der Waals surface area contributed by atoms with Crippen molar-refractivity contribution in [2.75, 3.05) is 18.4 Å². The molecule has 0 aliphatic rings. The predicted molar refractivity (Wildman–Crippen MR) is 63.8 cm³/mol. The molecule has 1 amide bonds. The average molecular weight is 272 g/mol. The molecule has 0 fully saturated rings. The molecule has 15 heavy (non-hydrogen) atoms. The maximum atomic E-state index is 11.3. The zero-order chi connectivity index (χ0) is 11.3. The van der Waals surface area contributed by atoms with Crippen molar-refractivity contribution in [3.8, 4) is 0 Å². The molecule has 4 nitrogen and oxygen atoms in total. The van der Waals surface area contributed by atoms with Crippen molar-refractivity contribution < 1.29 is 4.79 Å². The van der Waals surface area contributed by atoms with Gasteiger partial charge in [0.2, 0.25) is 5.91 Å². The lowest BCUT2D eigenvalue weighted by Gasteiger charge is -2.06. The third kappa shape index (κ3) is 3.97. The molecule has 1 aromatic heterocycles. The standard InChI is InChI=1S/C10H14BrN3O/c1-3-12-6-10(15)14-9-5-4-8(11)7(2)13-9/h4-5,12H,3,6H2,1-2H3,(H,13,14,15). The normalized spacial score (nSPS) is 10.1. The number of pyridine rings is 1. The number of likely N-dealkylation sites (N-methyl/N-ethyl adjacent to an activating group) is 1. The second kappa shape index (κ2) is 5.82. The van der Waals surface area contributed by atoms with Gasteiger partial charge in [0.1, 0.15) is 5.82 Å². The summed E-state index contributed by atoms with van der Waals surface area (Å²) < 4.78 is 0.937. The molecule has 1 heterocycles. The van der Waals surface area contributed by atoms with Gasteiger partial charge in [-0.05, 0) is 41.5 Å². The Kier molecular flexibility index (Phi) is 4.71. The number of carbonyl (C=O) groups excluding carboxylic acids is 1. The van der Waals surface area contributed by atoms with Crippen LogP contribution in [-0.4, -0.2) is 24.0 Å². The number of aryl methyl sites for hydroxylation is 1. The predicted octanol–water partition coefficient (Wildman–Crippen LogP) is 1.70. The lowest BCUT2D eigenvalue weighted by molar-refractivity contribution is -0.115. The zero-order valence-electron chi connectivity index (χ0n) is 8.80. The Balaban J connectivity index is 2.57. The highest BCUT2D eigenvalue weighted by Gasteiger charge is 2.03. The summed E-state index contributed by atoms with van der Waals surface area (Å²) in [7, 11) is 0. The summed E-state index contributed by atoms with van der Waals surface area (Å²) in [6, 6.07) is 3.63. The lowest BCUT2D eigenvalue weighted by atomic mass is 10.3. The van der Waals surface area contributed by atoms with Crippen LogP contribution in [0.3, 0.4) is 0 Å². The second-order valence-corrected chi connectivity index (χ2v) is 3.95. The monoisotopic (exact) mass is 271 g/mol. The first-order valence-corrected chi connectivity index (χ1v) is 5.56. The molecule has 0 saturated carbocycles. The molecule has 0 radical (unpaired) electrons. The fraction of sp³-hybridized carbons (Fsp3) is 0.400. The van der Waals surface area contributed by atoms with Crippen LogP contribution < -0.4 is 10.6 Å². The molecule has 0 aliphatic heterocycles. The van der Waals surface area contributed by atoms with Crippen LogP contribution in [0.1, 0.15) is 12.6 Å². The van der Waals surface area contributed by atoms with Gasteiger partial charge in [-0.15, -0.1) is 0 Å². The maximum absolute atomic E-state index is 11.3. The number of carbonyl (C=O) groups is 1. The smallest absolute Gasteiger partial charge is 0.239 e. The van der Waals surface area contributed by atoms with E-state index in [1.54, 1.807) is 6.07 Å². The molecule has 0 aliphatic carbocycles. The highest BCUT2D eigenvalue weighted by molar-refractivity contribution is 9.10. The Labute approximate surface area is 97.6 Å². The minimum atomic E-state index is -0.0777. The Morgan fingerprint density at radius 2 is 2.27 bits per heavy atom. The van der Waals surface area contributed by atoms with Gasteiger partial charge in [-0.1, -0.05) is 6.92 Å². The number of aromatic nitrogens is 1. The van der Waals surface area contributed by atoms with Gasteiger partial charge in [0.15, 0.2) is 0 Å². The SMILES string of the molecule is CCNCC(=O)Nc1ccc(Br)c(C)n1. The molecule has 82 valence electrons. The third-order valence-corrected chi connectivity index (χ3v) is 2.66. The Morgan fingerprint density at radius 3 is 2.87 bits per heavy atom. The average Bonchev–Trinajstić information content (AvgIpc) is 2.20. The number of nitrogens with one attached hydrogen (secondary N) is 2. The van der Waals surface area contributed by atoms with Gasteiger partial charge in [-0.2, -0.15) is 0 Å². The molecule has 0 spiro atoms. The van der Waals surface area contributed by atoms with E-state index in [0.717, 1.165) is 16.7 Å². The fourth-order valence-corrected chi connectivity index (χ4v) is 1.26. The van der Waals surface area contributed by atoms with Gasteiger partial charge >= 0.3 is 0 Å². The number of halogens is 1. The van der Waals surface area contributed by atoms with Crippen molar-refractivity contribution in [2.45, 2.75) is 13.8 Å². The molecule has 0 saturated heterocycles. The van der Waals surface area contributed by atoms with Crippen LogP contribution >= 0.6 is 15.9 Å². The van der Waals surface area contributed by atoms with Crippen molar-refractivity contribution in [1.29, 1.82) is 0 Å². The molecule has 0 aromatic carbocycles. The van der Waals surface area contributed by atoms with E-state index in [2.05, 4.69) is 31.5 Å². The van der Waals surface area contributed by atoms with E-state index in [-0.39, 0.29) is 5.91 Å². The first-order valence-electron chi connectivity index (χ1n) is 4.77. The quantitative estimate of drug-likeness (QED) is 0.877. The fourth-order valence-electron chi connectivity index (χ4n) is 1.04. The van der Waals surface area contributed by atoms with Gasteiger partial charge in [-0.25, -0.2) is 4.98 Å². The van der Waals surface area contributed by atoms with Crippen molar-refractivity contribution >= 4 is 27.7 Å². The highest BCUT2D eigenvalue weighted by atomic mass is 79.9. The number of rotatable bonds is 4. The van der Waals surface area contributed by atoms with Gasteiger partial charge in [-0.3, -0.25) is 4.79 Å². The van der Waals surface area contributed by atoms with Crippen molar-refractivity contribution in [3.05, 3.63) is 22.3 Å². The first kappa shape index (κ1) is 12.1. The minimum Gasteiger partial charge on any atom is -0.310 e. The number of hydrogen-bond acceptors (Lipinski definition) is 3. The Morgan fingerprint density at radius 1 is 1.53 bits per heavy atom. The van der Waals surface area contributed by atoms with Crippen LogP contribution in [0.2, 0.25) is 0 Å². The summed E-state index contributed by atoms with van der Waals surface area (Å²) in [5, 5.41) is 5.66. The van der Waals surface area contributed by atoms with E-state index >= 15 is 0 Å². The van der Waals surface area contributed by atoms with Gasteiger partial charge in [0, 0.05) is 4.47 Å². The number of amides is 1. The van der Waals surface area contributed by atoms with E-state index in [4.69, 9.17) is 0 Å². The first-order chi connectivity index (χ1) is 7.13.